The molecule has 1 aromatic carbocycles. The molecule has 0 atom stereocenters. The Balaban J connectivity index is 1.81. The highest BCUT2D eigenvalue weighted by atomic mass is 16.5. The molecule has 2 rings (SSSR count). The van der Waals surface area contributed by atoms with Crippen molar-refractivity contribution in [2.75, 3.05) is 11.9 Å². The number of ether oxygens (including phenoxy) is 1. The molecule has 0 saturated carbocycles. The highest BCUT2D eigenvalue weighted by Gasteiger charge is 2.09. The lowest BCUT2D eigenvalue weighted by atomic mass is 10.1. The van der Waals surface area contributed by atoms with E-state index in [1.165, 1.54) is 0 Å². The summed E-state index contributed by atoms with van der Waals surface area (Å²) in [5.41, 5.74) is 1.51. The van der Waals surface area contributed by atoms with Crippen molar-refractivity contribution in [3.05, 3.63) is 41.8 Å². The maximum absolute atomic E-state index is 11.8. The van der Waals surface area contributed by atoms with Crippen LogP contribution in [0.4, 0.5) is 10.5 Å². The van der Waals surface area contributed by atoms with Gasteiger partial charge < -0.3 is 19.9 Å². The maximum atomic E-state index is 11.8. The van der Waals surface area contributed by atoms with Crippen LogP contribution in [0.5, 0.6) is 5.75 Å². The minimum atomic E-state index is -0.329. The van der Waals surface area contributed by atoms with Crippen molar-refractivity contribution < 1.29 is 14.1 Å². The predicted octanol–water partition coefficient (Wildman–Crippen LogP) is 3.13. The van der Waals surface area contributed by atoms with Crippen LogP contribution in [0.25, 0.3) is 0 Å². The van der Waals surface area contributed by atoms with Crippen LogP contribution in [0, 0.1) is 12.3 Å². The fourth-order valence-corrected chi connectivity index (χ4v) is 1.79. The third-order valence-corrected chi connectivity index (χ3v) is 3.03. The van der Waals surface area contributed by atoms with Gasteiger partial charge in [-0.3, -0.25) is 0 Å². The lowest BCUT2D eigenvalue weighted by Crippen LogP contribution is -2.27. The number of nitrogens with one attached hydrogen (secondary N) is 2. The minimum absolute atomic E-state index is 0.211. The molecule has 120 valence electrons. The van der Waals surface area contributed by atoms with Crippen LogP contribution < -0.4 is 15.4 Å². The number of nitrogens with zero attached hydrogens (tertiary/aromatic N) is 1. The molecule has 2 amide bonds. The molecule has 0 aliphatic rings. The third-order valence-electron chi connectivity index (χ3n) is 3.03. The summed E-state index contributed by atoms with van der Waals surface area (Å²) < 4.78 is 10.4. The van der Waals surface area contributed by atoms with E-state index in [4.69, 9.17) is 15.7 Å². The van der Waals surface area contributed by atoms with Crippen molar-refractivity contribution in [3.8, 4) is 18.1 Å². The number of urea groups is 1. The fraction of sp³-hybridized carbons (Fsp3) is 0.294. The standard InChI is InChI=1S/C17H19N3O3/c1-4-9-22-14-7-5-13(6-8-14)19-17(21)18-11-15-10-16(12(2)3)20-23-15/h1,5-8,10,12H,9,11H2,2-3H3,(H2,18,19,21). The molecule has 0 bridgehead atoms. The molecule has 0 aliphatic heterocycles. The second-order valence-corrected chi connectivity index (χ2v) is 5.20. The van der Waals surface area contributed by atoms with Gasteiger partial charge in [-0.15, -0.1) is 6.42 Å². The van der Waals surface area contributed by atoms with Crippen molar-refractivity contribution in [2.45, 2.75) is 26.3 Å². The SMILES string of the molecule is C#CCOc1ccc(NC(=O)NCc2cc(C(C)C)no2)cc1. The molecule has 2 N–H and O–H groups in total. The van der Waals surface area contributed by atoms with Gasteiger partial charge in [-0.25, -0.2) is 4.79 Å². The van der Waals surface area contributed by atoms with Crippen molar-refractivity contribution in [1.29, 1.82) is 0 Å². The first kappa shape index (κ1) is 16.4. The number of carbonyl (C=O) groups excluding carboxylic acids is 1. The van der Waals surface area contributed by atoms with E-state index in [1.54, 1.807) is 24.3 Å². The average molecular weight is 313 g/mol. The average Bonchev–Trinajstić information content (AvgIpc) is 3.01. The number of rotatable bonds is 6. The summed E-state index contributed by atoms with van der Waals surface area (Å²) in [4.78, 5) is 11.8. The fourth-order valence-electron chi connectivity index (χ4n) is 1.79. The summed E-state index contributed by atoms with van der Waals surface area (Å²) in [5, 5.41) is 9.36. The zero-order valence-electron chi connectivity index (χ0n) is 13.1. The van der Waals surface area contributed by atoms with Crippen LogP contribution in [0.2, 0.25) is 0 Å². The van der Waals surface area contributed by atoms with E-state index in [9.17, 15) is 4.79 Å². The summed E-state index contributed by atoms with van der Waals surface area (Å²) in [7, 11) is 0. The lowest BCUT2D eigenvalue weighted by molar-refractivity contribution is 0.250. The molecule has 0 saturated heterocycles. The summed E-state index contributed by atoms with van der Waals surface area (Å²) in [6.45, 7) is 4.54. The first-order valence-electron chi connectivity index (χ1n) is 7.25. The first-order chi connectivity index (χ1) is 11.1. The Morgan fingerprint density at radius 1 is 1.39 bits per heavy atom. The maximum Gasteiger partial charge on any atom is 0.319 e. The number of benzene rings is 1. The molecular formula is C17H19N3O3. The van der Waals surface area contributed by atoms with Gasteiger partial charge in [-0.2, -0.15) is 0 Å². The Hall–Kier alpha value is -2.94. The van der Waals surface area contributed by atoms with Crippen molar-refractivity contribution in [2.24, 2.45) is 0 Å². The Labute approximate surface area is 135 Å². The Bertz CT molecular complexity index is 684. The van der Waals surface area contributed by atoms with Gasteiger partial charge in [0.25, 0.3) is 0 Å². The summed E-state index contributed by atoms with van der Waals surface area (Å²) >= 11 is 0. The van der Waals surface area contributed by atoms with Crippen LogP contribution >= 0.6 is 0 Å². The molecule has 0 fully saturated rings. The van der Waals surface area contributed by atoms with Gasteiger partial charge in [0.15, 0.2) is 5.76 Å². The van der Waals surface area contributed by atoms with Crippen LogP contribution in [0.3, 0.4) is 0 Å². The van der Waals surface area contributed by atoms with Gasteiger partial charge in [-0.1, -0.05) is 24.9 Å². The van der Waals surface area contributed by atoms with E-state index in [2.05, 4.69) is 21.7 Å². The second-order valence-electron chi connectivity index (χ2n) is 5.20. The summed E-state index contributed by atoms with van der Waals surface area (Å²) in [5.74, 6) is 3.94. The number of hydrogen-bond donors (Lipinski definition) is 2. The molecule has 1 heterocycles. The third kappa shape index (κ3) is 5.08. The zero-order chi connectivity index (χ0) is 16.7. The van der Waals surface area contributed by atoms with Crippen molar-refractivity contribution >= 4 is 11.7 Å². The molecule has 0 aliphatic carbocycles. The largest absolute Gasteiger partial charge is 0.481 e. The molecule has 0 radical (unpaired) electrons. The van der Waals surface area contributed by atoms with Crippen LogP contribution in [-0.4, -0.2) is 17.8 Å². The van der Waals surface area contributed by atoms with Gasteiger partial charge in [-0.05, 0) is 30.2 Å². The number of carbonyl (C=O) groups is 1. The monoisotopic (exact) mass is 313 g/mol. The molecule has 23 heavy (non-hydrogen) atoms. The number of aromatic nitrogens is 1. The zero-order valence-corrected chi connectivity index (χ0v) is 13.1. The van der Waals surface area contributed by atoms with Gasteiger partial charge in [0.05, 0.1) is 12.2 Å². The second kappa shape index (κ2) is 7.90. The molecular weight excluding hydrogens is 294 g/mol. The quantitative estimate of drug-likeness (QED) is 0.803. The molecule has 6 heteroatoms. The van der Waals surface area contributed by atoms with E-state index in [1.807, 2.05) is 19.9 Å². The van der Waals surface area contributed by atoms with Crippen LogP contribution in [0.1, 0.15) is 31.2 Å². The molecule has 0 unspecified atom stereocenters. The smallest absolute Gasteiger partial charge is 0.319 e. The molecule has 0 spiro atoms. The molecule has 2 aromatic rings. The van der Waals surface area contributed by atoms with E-state index in [0.29, 0.717) is 17.2 Å². The normalized spacial score (nSPS) is 10.2. The van der Waals surface area contributed by atoms with Gasteiger partial charge in [0, 0.05) is 11.8 Å². The first-order valence-corrected chi connectivity index (χ1v) is 7.25. The number of amides is 2. The Morgan fingerprint density at radius 2 is 2.13 bits per heavy atom. The van der Waals surface area contributed by atoms with Crippen LogP contribution in [-0.2, 0) is 6.54 Å². The van der Waals surface area contributed by atoms with Crippen molar-refractivity contribution in [1.82, 2.24) is 10.5 Å². The number of anilines is 1. The Morgan fingerprint density at radius 3 is 2.74 bits per heavy atom. The highest BCUT2D eigenvalue weighted by Crippen LogP contribution is 2.16. The summed E-state index contributed by atoms with van der Waals surface area (Å²) in [6.07, 6.45) is 5.12. The van der Waals surface area contributed by atoms with Gasteiger partial charge >= 0.3 is 6.03 Å². The van der Waals surface area contributed by atoms with Gasteiger partial charge in [0.1, 0.15) is 12.4 Å². The van der Waals surface area contributed by atoms with E-state index in [-0.39, 0.29) is 25.1 Å². The van der Waals surface area contributed by atoms with E-state index < -0.39 is 0 Å². The van der Waals surface area contributed by atoms with Crippen LogP contribution in [0.15, 0.2) is 34.9 Å². The topological polar surface area (TPSA) is 76.4 Å². The molecule has 6 nitrogen and oxygen atoms in total. The van der Waals surface area contributed by atoms with Gasteiger partial charge in [0.2, 0.25) is 0 Å². The highest BCUT2D eigenvalue weighted by molar-refractivity contribution is 5.89. The van der Waals surface area contributed by atoms with E-state index >= 15 is 0 Å². The number of terminal acetylenes is 1. The number of hydrogen-bond acceptors (Lipinski definition) is 4. The predicted molar refractivity (Wildman–Crippen MR) is 87.2 cm³/mol. The minimum Gasteiger partial charge on any atom is -0.481 e. The summed E-state index contributed by atoms with van der Waals surface area (Å²) in [6, 6.07) is 8.44. The lowest BCUT2D eigenvalue weighted by Gasteiger charge is -2.07. The molecule has 1 aromatic heterocycles. The Kier molecular flexibility index (Phi) is 5.64. The van der Waals surface area contributed by atoms with E-state index in [0.717, 1.165) is 5.69 Å². The van der Waals surface area contributed by atoms with Crippen molar-refractivity contribution in [3.63, 3.8) is 0 Å².